The smallest absolute Gasteiger partial charge is 0.264 e. The quantitative estimate of drug-likeness (QED) is 0.782. The van der Waals surface area contributed by atoms with Gasteiger partial charge in [-0.2, -0.15) is 0 Å². The van der Waals surface area contributed by atoms with Gasteiger partial charge >= 0.3 is 0 Å². The van der Waals surface area contributed by atoms with Gasteiger partial charge in [0.2, 0.25) is 5.24 Å². The van der Waals surface area contributed by atoms with E-state index in [-0.39, 0.29) is 10.6 Å². The zero-order chi connectivity index (χ0) is 15.5. The highest BCUT2D eigenvalue weighted by Crippen LogP contribution is 2.26. The van der Waals surface area contributed by atoms with Gasteiger partial charge in [-0.15, -0.1) is 0 Å². The number of hydrogen-bond acceptors (Lipinski definition) is 3. The molecule has 0 fully saturated rings. The average molecular weight is 344 g/mol. The Balaban J connectivity index is 2.53. The molecule has 0 aromatic heterocycles. The maximum absolute atomic E-state index is 12.7. The molecular formula is C14H11Cl2NO3S. The third kappa shape index (κ3) is 3.75. The molecule has 0 aliphatic heterocycles. The van der Waals surface area contributed by atoms with E-state index in [9.17, 15) is 13.2 Å². The summed E-state index contributed by atoms with van der Waals surface area (Å²) in [5.41, 5.74) is 0.278. The van der Waals surface area contributed by atoms with Gasteiger partial charge in [0.25, 0.3) is 10.0 Å². The highest BCUT2D eigenvalue weighted by atomic mass is 35.5. The van der Waals surface area contributed by atoms with Gasteiger partial charge in [-0.05, 0) is 41.9 Å². The molecule has 0 heterocycles. The van der Waals surface area contributed by atoms with Crippen LogP contribution in [-0.2, 0) is 14.8 Å². The molecule has 0 atom stereocenters. The largest absolute Gasteiger partial charge is 0.279 e. The third-order valence-electron chi connectivity index (χ3n) is 2.70. The summed E-state index contributed by atoms with van der Waals surface area (Å²) in [6.07, 6.45) is 0. The van der Waals surface area contributed by atoms with Gasteiger partial charge in [-0.1, -0.05) is 35.9 Å². The number of halogens is 2. The number of carbonyl (C=O) groups excluding carboxylic acids is 1. The summed E-state index contributed by atoms with van der Waals surface area (Å²) in [7, 11) is -3.90. The van der Waals surface area contributed by atoms with Gasteiger partial charge in [0.1, 0.15) is 6.54 Å². The van der Waals surface area contributed by atoms with Gasteiger partial charge in [0, 0.05) is 5.02 Å². The zero-order valence-electron chi connectivity index (χ0n) is 10.7. The molecule has 0 amide bonds. The van der Waals surface area contributed by atoms with Crippen molar-refractivity contribution in [1.29, 1.82) is 0 Å². The first-order valence-electron chi connectivity index (χ1n) is 5.93. The molecule has 0 aliphatic carbocycles. The van der Waals surface area contributed by atoms with Crippen molar-refractivity contribution in [3.8, 4) is 0 Å². The number of sulfonamides is 1. The predicted molar refractivity (Wildman–Crippen MR) is 83.3 cm³/mol. The predicted octanol–water partition coefficient (Wildman–Crippen LogP) is 3.30. The van der Waals surface area contributed by atoms with E-state index in [1.165, 1.54) is 18.2 Å². The lowest BCUT2D eigenvalue weighted by molar-refractivity contribution is -0.110. The molecule has 7 heteroatoms. The molecular weight excluding hydrogens is 333 g/mol. The fourth-order valence-corrected chi connectivity index (χ4v) is 3.59. The minimum Gasteiger partial charge on any atom is -0.279 e. The lowest BCUT2D eigenvalue weighted by Crippen LogP contribution is -2.34. The van der Waals surface area contributed by atoms with Crippen molar-refractivity contribution in [2.24, 2.45) is 0 Å². The third-order valence-corrected chi connectivity index (χ3v) is 4.84. The van der Waals surface area contributed by atoms with Crippen molar-refractivity contribution in [1.82, 2.24) is 0 Å². The minimum atomic E-state index is -3.90. The maximum Gasteiger partial charge on any atom is 0.264 e. The van der Waals surface area contributed by atoms with Crippen LogP contribution >= 0.6 is 23.2 Å². The highest BCUT2D eigenvalue weighted by Gasteiger charge is 2.26. The van der Waals surface area contributed by atoms with Crippen molar-refractivity contribution in [3.63, 3.8) is 0 Å². The first-order chi connectivity index (χ1) is 9.91. The molecule has 2 aromatic carbocycles. The summed E-state index contributed by atoms with van der Waals surface area (Å²) < 4.78 is 26.2. The molecule has 0 bridgehead atoms. The normalized spacial score (nSPS) is 11.1. The van der Waals surface area contributed by atoms with Crippen LogP contribution in [0.2, 0.25) is 5.02 Å². The number of anilines is 1. The number of hydrogen-bond donors (Lipinski definition) is 0. The standard InChI is InChI=1S/C14H11Cl2NO3S/c15-11-5-4-6-12(9-11)17(10-14(16)18)21(19,20)13-7-2-1-3-8-13/h1-9H,10H2. The number of carbonyl (C=O) groups is 1. The Bertz CT molecular complexity index is 748. The van der Waals surface area contributed by atoms with Crippen LogP contribution in [0.3, 0.4) is 0 Å². The van der Waals surface area contributed by atoms with E-state index in [1.54, 1.807) is 36.4 Å². The maximum atomic E-state index is 12.7. The summed E-state index contributed by atoms with van der Waals surface area (Å²) >= 11 is 11.3. The fourth-order valence-electron chi connectivity index (χ4n) is 1.78. The van der Waals surface area contributed by atoms with Crippen LogP contribution < -0.4 is 4.31 Å². The Morgan fingerprint density at radius 2 is 1.71 bits per heavy atom. The van der Waals surface area contributed by atoms with E-state index in [0.717, 1.165) is 4.31 Å². The molecule has 4 nitrogen and oxygen atoms in total. The minimum absolute atomic E-state index is 0.0721. The van der Waals surface area contributed by atoms with Crippen LogP contribution in [0.25, 0.3) is 0 Å². The second-order valence-electron chi connectivity index (χ2n) is 4.16. The zero-order valence-corrected chi connectivity index (χ0v) is 13.1. The van der Waals surface area contributed by atoms with E-state index in [1.807, 2.05) is 0 Å². The molecule has 2 aromatic rings. The summed E-state index contributed by atoms with van der Waals surface area (Å²) in [5, 5.41) is -0.419. The van der Waals surface area contributed by atoms with Gasteiger partial charge in [-0.25, -0.2) is 8.42 Å². The highest BCUT2D eigenvalue weighted by molar-refractivity contribution is 7.92. The molecule has 0 saturated carbocycles. The van der Waals surface area contributed by atoms with Gasteiger partial charge in [0.15, 0.2) is 0 Å². The van der Waals surface area contributed by atoms with Crippen molar-refractivity contribution >= 4 is 44.2 Å². The van der Waals surface area contributed by atoms with Gasteiger partial charge in [0.05, 0.1) is 10.6 Å². The Labute approximate surface area is 133 Å². The second kappa shape index (κ2) is 6.47. The number of benzene rings is 2. The molecule has 0 radical (unpaired) electrons. The molecule has 0 unspecified atom stereocenters. The van der Waals surface area contributed by atoms with Crippen LogP contribution in [-0.4, -0.2) is 20.2 Å². The Morgan fingerprint density at radius 1 is 1.05 bits per heavy atom. The average Bonchev–Trinajstić information content (AvgIpc) is 2.45. The Kier molecular flexibility index (Phi) is 4.88. The Hall–Kier alpha value is -1.56. The molecule has 0 saturated heterocycles. The lowest BCUT2D eigenvalue weighted by Gasteiger charge is -2.23. The van der Waals surface area contributed by atoms with Crippen LogP contribution in [0.5, 0.6) is 0 Å². The summed E-state index contributed by atoms with van der Waals surface area (Å²) in [5.74, 6) is 0. The summed E-state index contributed by atoms with van der Waals surface area (Å²) in [6.45, 7) is -0.473. The van der Waals surface area contributed by atoms with Crippen molar-refractivity contribution in [2.45, 2.75) is 4.90 Å². The molecule has 21 heavy (non-hydrogen) atoms. The van der Waals surface area contributed by atoms with Crippen molar-refractivity contribution in [3.05, 3.63) is 59.6 Å². The summed E-state index contributed by atoms with van der Waals surface area (Å²) in [6, 6.07) is 14.0. The van der Waals surface area contributed by atoms with Crippen molar-refractivity contribution < 1.29 is 13.2 Å². The van der Waals surface area contributed by atoms with E-state index < -0.39 is 21.8 Å². The monoisotopic (exact) mass is 343 g/mol. The second-order valence-corrected chi connectivity index (χ2v) is 6.88. The Morgan fingerprint density at radius 3 is 2.29 bits per heavy atom. The summed E-state index contributed by atoms with van der Waals surface area (Å²) in [4.78, 5) is 11.3. The molecule has 0 N–H and O–H groups in total. The van der Waals surface area contributed by atoms with Gasteiger partial charge < -0.3 is 0 Å². The van der Waals surface area contributed by atoms with Crippen LogP contribution in [0, 0.1) is 0 Å². The molecule has 110 valence electrons. The van der Waals surface area contributed by atoms with Crippen LogP contribution in [0.15, 0.2) is 59.5 Å². The fraction of sp³-hybridized carbons (Fsp3) is 0.0714. The topological polar surface area (TPSA) is 54.5 Å². The first-order valence-corrected chi connectivity index (χ1v) is 8.12. The van der Waals surface area contributed by atoms with Crippen LogP contribution in [0.4, 0.5) is 5.69 Å². The number of rotatable bonds is 5. The number of nitrogens with zero attached hydrogens (tertiary/aromatic N) is 1. The molecule has 0 spiro atoms. The van der Waals surface area contributed by atoms with E-state index in [4.69, 9.17) is 23.2 Å². The van der Waals surface area contributed by atoms with Crippen LogP contribution in [0.1, 0.15) is 0 Å². The van der Waals surface area contributed by atoms with E-state index >= 15 is 0 Å². The molecule has 2 rings (SSSR count). The van der Waals surface area contributed by atoms with E-state index in [0.29, 0.717) is 5.02 Å². The van der Waals surface area contributed by atoms with Crippen molar-refractivity contribution in [2.75, 3.05) is 10.8 Å². The SMILES string of the molecule is O=C(Cl)CN(c1cccc(Cl)c1)S(=O)(=O)c1ccccc1. The van der Waals surface area contributed by atoms with E-state index in [2.05, 4.69) is 0 Å². The lowest BCUT2D eigenvalue weighted by atomic mass is 10.3. The van der Waals surface area contributed by atoms with Gasteiger partial charge in [-0.3, -0.25) is 9.10 Å². The first kappa shape index (κ1) is 15.8. The molecule has 0 aliphatic rings.